The fourth-order valence-electron chi connectivity index (χ4n) is 1.67. The van der Waals surface area contributed by atoms with Crippen molar-refractivity contribution in [2.75, 3.05) is 0 Å². The van der Waals surface area contributed by atoms with Crippen LogP contribution in [0.5, 0.6) is 5.75 Å². The maximum absolute atomic E-state index is 13.2. The summed E-state index contributed by atoms with van der Waals surface area (Å²) < 4.78 is 18.7. The zero-order valence-corrected chi connectivity index (χ0v) is 10.0. The number of aldehydes is 1. The zero-order valence-electron chi connectivity index (χ0n) is 10.0. The minimum absolute atomic E-state index is 0.273. The van der Waals surface area contributed by atoms with Gasteiger partial charge in [-0.3, -0.25) is 4.79 Å². The first-order valence-corrected chi connectivity index (χ1v) is 5.62. The molecule has 92 valence electrons. The predicted octanol–water partition coefficient (Wildman–Crippen LogP) is 3.53. The number of hydrogen-bond acceptors (Lipinski definition) is 2. The van der Waals surface area contributed by atoms with E-state index in [1.54, 1.807) is 0 Å². The lowest BCUT2D eigenvalue weighted by atomic mass is 10.1. The number of halogens is 1. The number of ether oxygens (including phenoxy) is 1. The van der Waals surface area contributed by atoms with Crippen LogP contribution in [-0.4, -0.2) is 6.29 Å². The SMILES string of the molecule is Cc1ccccc1COc1cc(F)cc(C=O)c1. The van der Waals surface area contributed by atoms with Gasteiger partial charge in [0, 0.05) is 11.6 Å². The Balaban J connectivity index is 2.13. The molecule has 2 aromatic carbocycles. The third-order valence-corrected chi connectivity index (χ3v) is 2.69. The van der Waals surface area contributed by atoms with Crippen molar-refractivity contribution in [1.82, 2.24) is 0 Å². The normalized spacial score (nSPS) is 10.1. The van der Waals surface area contributed by atoms with Crippen molar-refractivity contribution in [3.8, 4) is 5.75 Å². The van der Waals surface area contributed by atoms with Gasteiger partial charge in [-0.15, -0.1) is 0 Å². The van der Waals surface area contributed by atoms with Gasteiger partial charge in [-0.05, 0) is 30.2 Å². The molecular weight excluding hydrogens is 231 g/mol. The van der Waals surface area contributed by atoms with E-state index in [1.165, 1.54) is 18.2 Å². The van der Waals surface area contributed by atoms with Crippen molar-refractivity contribution in [2.45, 2.75) is 13.5 Å². The molecule has 0 heterocycles. The van der Waals surface area contributed by atoms with Crippen LogP contribution in [0.1, 0.15) is 21.5 Å². The molecular formula is C15H13FO2. The zero-order chi connectivity index (χ0) is 13.0. The lowest BCUT2D eigenvalue weighted by Gasteiger charge is -2.09. The van der Waals surface area contributed by atoms with Gasteiger partial charge in [0.2, 0.25) is 0 Å². The van der Waals surface area contributed by atoms with Gasteiger partial charge in [0.15, 0.2) is 0 Å². The van der Waals surface area contributed by atoms with Crippen molar-refractivity contribution in [3.05, 3.63) is 65.0 Å². The Hall–Kier alpha value is -2.16. The van der Waals surface area contributed by atoms with Crippen LogP contribution in [0, 0.1) is 12.7 Å². The number of carbonyl (C=O) groups is 1. The molecule has 2 aromatic rings. The quantitative estimate of drug-likeness (QED) is 0.769. The highest BCUT2D eigenvalue weighted by molar-refractivity contribution is 5.75. The first-order valence-electron chi connectivity index (χ1n) is 5.62. The van der Waals surface area contributed by atoms with E-state index in [1.807, 2.05) is 31.2 Å². The standard InChI is InChI=1S/C15H13FO2/c1-11-4-2-3-5-13(11)10-18-15-7-12(9-17)6-14(16)8-15/h2-9H,10H2,1H3. The van der Waals surface area contributed by atoms with Gasteiger partial charge in [-0.25, -0.2) is 4.39 Å². The van der Waals surface area contributed by atoms with Gasteiger partial charge in [-0.2, -0.15) is 0 Å². The largest absolute Gasteiger partial charge is 0.489 e. The van der Waals surface area contributed by atoms with E-state index < -0.39 is 5.82 Å². The van der Waals surface area contributed by atoms with Gasteiger partial charge in [0.1, 0.15) is 24.5 Å². The summed E-state index contributed by atoms with van der Waals surface area (Å²) >= 11 is 0. The molecule has 0 bridgehead atoms. The smallest absolute Gasteiger partial charge is 0.150 e. The van der Waals surface area contributed by atoms with Crippen LogP contribution in [0.25, 0.3) is 0 Å². The molecule has 0 amide bonds. The molecule has 3 heteroatoms. The van der Waals surface area contributed by atoms with Crippen molar-refractivity contribution in [1.29, 1.82) is 0 Å². The molecule has 0 radical (unpaired) electrons. The van der Waals surface area contributed by atoms with Crippen molar-refractivity contribution >= 4 is 6.29 Å². The van der Waals surface area contributed by atoms with Gasteiger partial charge >= 0.3 is 0 Å². The summed E-state index contributed by atoms with van der Waals surface area (Å²) in [6, 6.07) is 11.8. The average Bonchev–Trinajstić information content (AvgIpc) is 2.37. The molecule has 0 spiro atoms. The lowest BCUT2D eigenvalue weighted by molar-refractivity contribution is 0.112. The van der Waals surface area contributed by atoms with Gasteiger partial charge in [-0.1, -0.05) is 24.3 Å². The molecule has 0 atom stereocenters. The molecule has 18 heavy (non-hydrogen) atoms. The number of carbonyl (C=O) groups excluding carboxylic acids is 1. The Bertz CT molecular complexity index is 564. The van der Waals surface area contributed by atoms with E-state index in [9.17, 15) is 9.18 Å². The first kappa shape index (κ1) is 12.3. The highest BCUT2D eigenvalue weighted by Gasteiger charge is 2.03. The summed E-state index contributed by atoms with van der Waals surface area (Å²) in [6.45, 7) is 2.34. The van der Waals surface area contributed by atoms with E-state index in [2.05, 4.69) is 0 Å². The predicted molar refractivity (Wildman–Crippen MR) is 67.3 cm³/mol. The van der Waals surface area contributed by atoms with Crippen LogP contribution in [0.15, 0.2) is 42.5 Å². The van der Waals surface area contributed by atoms with E-state index in [-0.39, 0.29) is 5.56 Å². The number of rotatable bonds is 4. The molecule has 0 aliphatic carbocycles. The Morgan fingerprint density at radius 1 is 1.22 bits per heavy atom. The molecule has 0 fully saturated rings. The van der Waals surface area contributed by atoms with E-state index >= 15 is 0 Å². The van der Waals surface area contributed by atoms with Crippen LogP contribution in [0.4, 0.5) is 4.39 Å². The second-order valence-electron chi connectivity index (χ2n) is 4.05. The maximum atomic E-state index is 13.2. The maximum Gasteiger partial charge on any atom is 0.150 e. The second kappa shape index (κ2) is 5.45. The highest BCUT2D eigenvalue weighted by Crippen LogP contribution is 2.18. The second-order valence-corrected chi connectivity index (χ2v) is 4.05. The average molecular weight is 244 g/mol. The summed E-state index contributed by atoms with van der Waals surface area (Å²) in [4.78, 5) is 10.6. The fourth-order valence-corrected chi connectivity index (χ4v) is 1.67. The molecule has 0 unspecified atom stereocenters. The Morgan fingerprint density at radius 3 is 2.72 bits per heavy atom. The van der Waals surface area contributed by atoms with Crippen LogP contribution >= 0.6 is 0 Å². The summed E-state index contributed by atoms with van der Waals surface area (Å²) in [6.07, 6.45) is 0.601. The summed E-state index contributed by atoms with van der Waals surface area (Å²) in [5.74, 6) is -0.111. The Kier molecular flexibility index (Phi) is 3.72. The Labute approximate surface area is 105 Å². The van der Waals surface area contributed by atoms with Crippen molar-refractivity contribution in [3.63, 3.8) is 0 Å². The third-order valence-electron chi connectivity index (χ3n) is 2.69. The van der Waals surface area contributed by atoms with Crippen LogP contribution in [0.3, 0.4) is 0 Å². The van der Waals surface area contributed by atoms with Crippen LogP contribution in [0.2, 0.25) is 0 Å². The van der Waals surface area contributed by atoms with Gasteiger partial charge < -0.3 is 4.74 Å². The molecule has 0 saturated heterocycles. The first-order chi connectivity index (χ1) is 8.69. The molecule has 2 rings (SSSR count). The minimum Gasteiger partial charge on any atom is -0.489 e. The molecule has 2 nitrogen and oxygen atoms in total. The molecule has 0 aromatic heterocycles. The minimum atomic E-state index is -0.473. The highest BCUT2D eigenvalue weighted by atomic mass is 19.1. The molecule has 0 saturated carbocycles. The van der Waals surface area contributed by atoms with Crippen LogP contribution < -0.4 is 4.74 Å². The summed E-state index contributed by atoms with van der Waals surface area (Å²) in [5, 5.41) is 0. The topological polar surface area (TPSA) is 26.3 Å². The number of hydrogen-bond donors (Lipinski definition) is 0. The monoisotopic (exact) mass is 244 g/mol. The Morgan fingerprint density at radius 2 is 2.00 bits per heavy atom. The van der Waals surface area contributed by atoms with Gasteiger partial charge in [0.05, 0.1) is 0 Å². The summed E-state index contributed by atoms with van der Waals surface area (Å²) in [5.41, 5.74) is 2.42. The van der Waals surface area contributed by atoms with Crippen molar-refractivity contribution < 1.29 is 13.9 Å². The fraction of sp³-hybridized carbons (Fsp3) is 0.133. The third kappa shape index (κ3) is 2.94. The van der Waals surface area contributed by atoms with Crippen molar-refractivity contribution in [2.24, 2.45) is 0 Å². The van der Waals surface area contributed by atoms with E-state index in [0.29, 0.717) is 18.6 Å². The lowest BCUT2D eigenvalue weighted by Crippen LogP contribution is -1.98. The summed E-state index contributed by atoms with van der Waals surface area (Å²) in [7, 11) is 0. The number of aryl methyl sites for hydroxylation is 1. The molecule has 0 N–H and O–H groups in total. The van der Waals surface area contributed by atoms with Gasteiger partial charge in [0.25, 0.3) is 0 Å². The number of benzene rings is 2. The van der Waals surface area contributed by atoms with Crippen LogP contribution in [-0.2, 0) is 6.61 Å². The van der Waals surface area contributed by atoms with E-state index in [4.69, 9.17) is 4.74 Å². The molecule has 0 aliphatic heterocycles. The van der Waals surface area contributed by atoms with E-state index in [0.717, 1.165) is 11.1 Å². The molecule has 0 aliphatic rings.